The minimum Gasteiger partial charge on any atom is -0.483 e. The molecule has 0 bridgehead atoms. The molecule has 1 rings (SSSR count). The van der Waals surface area contributed by atoms with E-state index in [4.69, 9.17) is 4.74 Å². The van der Waals surface area contributed by atoms with Gasteiger partial charge in [-0.2, -0.15) is 0 Å². The van der Waals surface area contributed by atoms with Crippen LogP contribution in [0.1, 0.15) is 18.9 Å². The van der Waals surface area contributed by atoms with Crippen LogP contribution in [-0.2, 0) is 14.3 Å². The number of ether oxygens (including phenoxy) is 2. The van der Waals surface area contributed by atoms with E-state index >= 15 is 0 Å². The molecule has 1 aromatic carbocycles. The van der Waals surface area contributed by atoms with Crippen molar-refractivity contribution in [1.82, 2.24) is 4.90 Å². The van der Waals surface area contributed by atoms with Crippen molar-refractivity contribution in [2.45, 2.75) is 20.3 Å². The number of carbonyl (C=O) groups excluding carboxylic acids is 2. The van der Waals surface area contributed by atoms with E-state index in [1.807, 2.05) is 32.0 Å². The molecule has 1 amide bonds. The van der Waals surface area contributed by atoms with Crippen molar-refractivity contribution in [3.05, 3.63) is 28.2 Å². The molecule has 1 aromatic rings. The number of amides is 1. The molecule has 0 saturated heterocycles. The summed E-state index contributed by atoms with van der Waals surface area (Å²) in [6, 6.07) is 5.66. The summed E-state index contributed by atoms with van der Waals surface area (Å²) in [7, 11) is 1.33. The number of hydrogen-bond acceptors (Lipinski definition) is 4. The third-order valence-corrected chi connectivity index (χ3v) is 3.61. The molecule has 0 aromatic heterocycles. The Morgan fingerprint density at radius 3 is 2.62 bits per heavy atom. The van der Waals surface area contributed by atoms with E-state index in [2.05, 4.69) is 20.7 Å². The molecule has 0 radical (unpaired) electrons. The van der Waals surface area contributed by atoms with Crippen LogP contribution < -0.4 is 4.74 Å². The maximum atomic E-state index is 12.1. The zero-order valence-corrected chi connectivity index (χ0v) is 14.1. The summed E-state index contributed by atoms with van der Waals surface area (Å²) < 4.78 is 10.9. The summed E-state index contributed by atoms with van der Waals surface area (Å²) in [5.74, 6) is 0.135. The van der Waals surface area contributed by atoms with E-state index in [0.717, 1.165) is 10.0 Å². The van der Waals surface area contributed by atoms with Crippen LogP contribution in [-0.4, -0.2) is 43.6 Å². The van der Waals surface area contributed by atoms with Crippen molar-refractivity contribution in [3.63, 3.8) is 0 Å². The quantitative estimate of drug-likeness (QED) is 0.703. The van der Waals surface area contributed by atoms with Gasteiger partial charge in [-0.3, -0.25) is 9.59 Å². The van der Waals surface area contributed by atoms with E-state index in [0.29, 0.717) is 18.8 Å². The Hall–Kier alpha value is -1.56. The monoisotopic (exact) mass is 357 g/mol. The van der Waals surface area contributed by atoms with Gasteiger partial charge >= 0.3 is 5.97 Å². The van der Waals surface area contributed by atoms with Gasteiger partial charge < -0.3 is 14.4 Å². The Bertz CT molecular complexity index is 504. The number of halogens is 1. The van der Waals surface area contributed by atoms with E-state index < -0.39 is 0 Å². The topological polar surface area (TPSA) is 55.8 Å². The molecule has 0 spiro atoms. The van der Waals surface area contributed by atoms with Gasteiger partial charge in [-0.1, -0.05) is 6.07 Å². The van der Waals surface area contributed by atoms with Gasteiger partial charge in [0.25, 0.3) is 5.91 Å². The Kier molecular flexibility index (Phi) is 7.22. The fraction of sp³-hybridized carbons (Fsp3) is 0.467. The first kappa shape index (κ1) is 17.5. The first-order chi connectivity index (χ1) is 9.97. The van der Waals surface area contributed by atoms with Crippen molar-refractivity contribution >= 4 is 27.8 Å². The standard InChI is InChI=1S/C15H20BrNO4/c1-4-17(8-7-15(19)20-3)14(18)10-21-13-6-5-11(2)9-12(13)16/h5-6,9H,4,7-8,10H2,1-3H3. The smallest absolute Gasteiger partial charge is 0.307 e. The summed E-state index contributed by atoms with van der Waals surface area (Å²) in [5, 5.41) is 0. The van der Waals surface area contributed by atoms with Gasteiger partial charge in [0, 0.05) is 13.1 Å². The van der Waals surface area contributed by atoms with Crippen LogP contribution in [0.4, 0.5) is 0 Å². The summed E-state index contributed by atoms with van der Waals surface area (Å²) in [4.78, 5) is 24.7. The second kappa shape index (κ2) is 8.67. The van der Waals surface area contributed by atoms with Gasteiger partial charge in [0.1, 0.15) is 5.75 Å². The van der Waals surface area contributed by atoms with Gasteiger partial charge in [-0.15, -0.1) is 0 Å². The molecule has 21 heavy (non-hydrogen) atoms. The molecule has 0 aliphatic heterocycles. The number of aryl methyl sites for hydroxylation is 1. The third kappa shape index (κ3) is 5.75. The Balaban J connectivity index is 2.52. The van der Waals surface area contributed by atoms with Crippen molar-refractivity contribution in [3.8, 4) is 5.75 Å². The molecule has 0 saturated carbocycles. The molecular formula is C15H20BrNO4. The Labute approximate surface area is 133 Å². The van der Waals surface area contributed by atoms with E-state index in [9.17, 15) is 9.59 Å². The van der Waals surface area contributed by atoms with E-state index in [-0.39, 0.29) is 24.9 Å². The summed E-state index contributed by atoms with van der Waals surface area (Å²) in [6.07, 6.45) is 0.185. The number of esters is 1. The molecule has 0 N–H and O–H groups in total. The highest BCUT2D eigenvalue weighted by Gasteiger charge is 2.14. The highest BCUT2D eigenvalue weighted by Crippen LogP contribution is 2.25. The normalized spacial score (nSPS) is 10.1. The van der Waals surface area contributed by atoms with Crippen LogP contribution in [0.2, 0.25) is 0 Å². The lowest BCUT2D eigenvalue weighted by atomic mass is 10.2. The summed E-state index contributed by atoms with van der Waals surface area (Å²) >= 11 is 3.40. The molecule has 116 valence electrons. The van der Waals surface area contributed by atoms with Crippen molar-refractivity contribution < 1.29 is 19.1 Å². The second-order valence-corrected chi connectivity index (χ2v) is 5.38. The summed E-state index contributed by atoms with van der Waals surface area (Å²) in [6.45, 7) is 4.63. The highest BCUT2D eigenvalue weighted by molar-refractivity contribution is 9.10. The number of nitrogens with zero attached hydrogens (tertiary/aromatic N) is 1. The second-order valence-electron chi connectivity index (χ2n) is 4.52. The third-order valence-electron chi connectivity index (χ3n) is 2.99. The molecule has 0 atom stereocenters. The lowest BCUT2D eigenvalue weighted by Crippen LogP contribution is -2.36. The predicted molar refractivity (Wildman–Crippen MR) is 83.3 cm³/mol. The largest absolute Gasteiger partial charge is 0.483 e. The highest BCUT2D eigenvalue weighted by atomic mass is 79.9. The van der Waals surface area contributed by atoms with Gasteiger partial charge in [0.05, 0.1) is 18.0 Å². The van der Waals surface area contributed by atoms with Crippen LogP contribution in [0, 0.1) is 6.92 Å². The minimum absolute atomic E-state index is 0.0589. The Morgan fingerprint density at radius 1 is 1.33 bits per heavy atom. The zero-order chi connectivity index (χ0) is 15.8. The molecule has 0 heterocycles. The number of likely N-dealkylation sites (N-methyl/N-ethyl adjacent to an activating group) is 1. The van der Waals surface area contributed by atoms with Crippen LogP contribution in [0.25, 0.3) is 0 Å². The van der Waals surface area contributed by atoms with E-state index in [1.165, 1.54) is 7.11 Å². The first-order valence-corrected chi connectivity index (χ1v) is 7.50. The number of rotatable bonds is 7. The SMILES string of the molecule is CCN(CCC(=O)OC)C(=O)COc1ccc(C)cc1Br. The van der Waals surface area contributed by atoms with Crippen LogP contribution >= 0.6 is 15.9 Å². The molecule has 0 fully saturated rings. The maximum Gasteiger partial charge on any atom is 0.307 e. The van der Waals surface area contributed by atoms with Crippen molar-refractivity contribution in [2.75, 3.05) is 26.8 Å². The van der Waals surface area contributed by atoms with Crippen molar-refractivity contribution in [2.24, 2.45) is 0 Å². The zero-order valence-electron chi connectivity index (χ0n) is 12.5. The molecule has 0 aliphatic rings. The fourth-order valence-electron chi connectivity index (χ4n) is 1.74. The van der Waals surface area contributed by atoms with Crippen LogP contribution in [0.3, 0.4) is 0 Å². The fourth-order valence-corrected chi connectivity index (χ4v) is 2.35. The first-order valence-electron chi connectivity index (χ1n) is 6.71. The minimum atomic E-state index is -0.330. The van der Waals surface area contributed by atoms with Gasteiger partial charge in [-0.25, -0.2) is 0 Å². The Morgan fingerprint density at radius 2 is 2.05 bits per heavy atom. The lowest BCUT2D eigenvalue weighted by molar-refractivity contribution is -0.142. The number of methoxy groups -OCH3 is 1. The van der Waals surface area contributed by atoms with Crippen LogP contribution in [0.5, 0.6) is 5.75 Å². The lowest BCUT2D eigenvalue weighted by Gasteiger charge is -2.20. The molecule has 0 unspecified atom stereocenters. The molecule has 6 heteroatoms. The van der Waals surface area contributed by atoms with Gasteiger partial charge in [0.15, 0.2) is 6.61 Å². The van der Waals surface area contributed by atoms with Crippen LogP contribution in [0.15, 0.2) is 22.7 Å². The molecular weight excluding hydrogens is 338 g/mol. The number of benzene rings is 1. The summed E-state index contributed by atoms with van der Waals surface area (Å²) in [5.41, 5.74) is 1.11. The number of hydrogen-bond donors (Lipinski definition) is 0. The molecule has 5 nitrogen and oxygen atoms in total. The average molecular weight is 358 g/mol. The molecule has 0 aliphatic carbocycles. The van der Waals surface area contributed by atoms with Gasteiger partial charge in [-0.05, 0) is 47.5 Å². The van der Waals surface area contributed by atoms with Crippen molar-refractivity contribution in [1.29, 1.82) is 0 Å². The predicted octanol–water partition coefficient (Wildman–Crippen LogP) is 2.55. The maximum absolute atomic E-state index is 12.1. The number of carbonyl (C=O) groups is 2. The van der Waals surface area contributed by atoms with Gasteiger partial charge in [0.2, 0.25) is 0 Å². The van der Waals surface area contributed by atoms with E-state index in [1.54, 1.807) is 4.90 Å². The average Bonchev–Trinajstić information content (AvgIpc) is 2.46.